The lowest BCUT2D eigenvalue weighted by atomic mass is 9.88. The second-order valence-electron chi connectivity index (χ2n) is 4.27. The van der Waals surface area contributed by atoms with Crippen LogP contribution in [0.2, 0.25) is 0 Å². The molecule has 0 spiro atoms. The molecule has 0 aromatic rings. The lowest BCUT2D eigenvalue weighted by Gasteiger charge is -2.38. The summed E-state index contributed by atoms with van der Waals surface area (Å²) in [5.41, 5.74) is -0.210. The Bertz CT molecular complexity index is 193. The first kappa shape index (κ1) is 11.5. The van der Waals surface area contributed by atoms with Crippen LogP contribution in [0.15, 0.2) is 0 Å². The fourth-order valence-electron chi connectivity index (χ4n) is 1.71. The lowest BCUT2D eigenvalue weighted by molar-refractivity contribution is -0.163. The van der Waals surface area contributed by atoms with Gasteiger partial charge >= 0.3 is 5.97 Å². The maximum Gasteiger partial charge on any atom is 0.302 e. The molecular formula is C11H20O3. The van der Waals surface area contributed by atoms with Gasteiger partial charge in [0.15, 0.2) is 0 Å². The van der Waals surface area contributed by atoms with Crippen molar-refractivity contribution in [2.24, 2.45) is 5.92 Å². The van der Waals surface area contributed by atoms with Crippen molar-refractivity contribution >= 4 is 5.97 Å². The van der Waals surface area contributed by atoms with Crippen LogP contribution in [-0.4, -0.2) is 24.8 Å². The Hall–Kier alpha value is -0.570. The molecule has 1 aliphatic heterocycles. The van der Waals surface area contributed by atoms with E-state index in [2.05, 4.69) is 13.8 Å². The molecule has 0 amide bonds. The van der Waals surface area contributed by atoms with E-state index < -0.39 is 0 Å². The highest BCUT2D eigenvalue weighted by molar-refractivity contribution is 5.65. The summed E-state index contributed by atoms with van der Waals surface area (Å²) in [4.78, 5) is 10.7. The molecule has 0 N–H and O–H groups in total. The summed E-state index contributed by atoms with van der Waals surface area (Å²) < 4.78 is 10.8. The first-order chi connectivity index (χ1) is 6.58. The molecule has 2 unspecified atom stereocenters. The average molecular weight is 200 g/mol. The third-order valence-electron chi connectivity index (χ3n) is 2.95. The minimum Gasteiger partial charge on any atom is -0.463 e. The maximum absolute atomic E-state index is 10.7. The summed E-state index contributed by atoms with van der Waals surface area (Å²) >= 11 is 0. The highest BCUT2D eigenvalue weighted by Crippen LogP contribution is 2.31. The van der Waals surface area contributed by atoms with Crippen molar-refractivity contribution in [3.63, 3.8) is 0 Å². The summed E-state index contributed by atoms with van der Waals surface area (Å²) in [7, 11) is 0. The first-order valence-corrected chi connectivity index (χ1v) is 5.35. The molecule has 1 aliphatic rings. The van der Waals surface area contributed by atoms with E-state index in [-0.39, 0.29) is 11.6 Å². The normalized spacial score (nSPS) is 32.6. The molecule has 3 heteroatoms. The molecule has 0 aromatic carbocycles. The van der Waals surface area contributed by atoms with Gasteiger partial charge in [-0.25, -0.2) is 0 Å². The number of ether oxygens (including phenoxy) is 2. The Morgan fingerprint density at radius 3 is 2.79 bits per heavy atom. The van der Waals surface area contributed by atoms with E-state index >= 15 is 0 Å². The molecule has 3 nitrogen and oxygen atoms in total. The lowest BCUT2D eigenvalue weighted by Crippen LogP contribution is -2.42. The summed E-state index contributed by atoms with van der Waals surface area (Å²) in [5.74, 6) is 0.409. The summed E-state index contributed by atoms with van der Waals surface area (Å²) in [6, 6.07) is 0. The van der Waals surface area contributed by atoms with E-state index in [1.54, 1.807) is 0 Å². The van der Waals surface area contributed by atoms with Gasteiger partial charge in [0.05, 0.1) is 6.61 Å². The molecule has 1 saturated heterocycles. The van der Waals surface area contributed by atoms with Crippen LogP contribution >= 0.6 is 0 Å². The van der Waals surface area contributed by atoms with Gasteiger partial charge < -0.3 is 9.47 Å². The third-order valence-corrected chi connectivity index (χ3v) is 2.95. The van der Waals surface area contributed by atoms with Gasteiger partial charge in [0.1, 0.15) is 12.2 Å². The number of carbonyl (C=O) groups is 1. The minimum atomic E-state index is -0.222. The van der Waals surface area contributed by atoms with Crippen LogP contribution in [0.5, 0.6) is 0 Å². The SMILES string of the molecule is CCC1(COC(C)=O)CCC(C)CO1. The Labute approximate surface area is 85.8 Å². The molecule has 1 fully saturated rings. The summed E-state index contributed by atoms with van der Waals surface area (Å²) in [5, 5.41) is 0. The zero-order valence-corrected chi connectivity index (χ0v) is 9.34. The van der Waals surface area contributed by atoms with E-state index in [0.29, 0.717) is 12.5 Å². The summed E-state index contributed by atoms with van der Waals surface area (Å²) in [6.07, 6.45) is 3.07. The maximum atomic E-state index is 10.7. The Balaban J connectivity index is 2.45. The van der Waals surface area contributed by atoms with Crippen LogP contribution in [-0.2, 0) is 14.3 Å². The second kappa shape index (κ2) is 4.78. The Morgan fingerprint density at radius 2 is 2.36 bits per heavy atom. The average Bonchev–Trinajstić information content (AvgIpc) is 2.18. The van der Waals surface area contributed by atoms with Gasteiger partial charge in [-0.2, -0.15) is 0 Å². The molecule has 14 heavy (non-hydrogen) atoms. The van der Waals surface area contributed by atoms with Crippen LogP contribution in [0, 0.1) is 5.92 Å². The van der Waals surface area contributed by atoms with Gasteiger partial charge in [0.25, 0.3) is 0 Å². The number of hydrogen-bond acceptors (Lipinski definition) is 3. The highest BCUT2D eigenvalue weighted by atomic mass is 16.6. The van der Waals surface area contributed by atoms with Crippen LogP contribution < -0.4 is 0 Å². The first-order valence-electron chi connectivity index (χ1n) is 5.35. The van der Waals surface area contributed by atoms with Gasteiger partial charge in [0.2, 0.25) is 0 Å². The van der Waals surface area contributed by atoms with E-state index in [1.165, 1.54) is 6.92 Å². The molecular weight excluding hydrogens is 180 g/mol. The highest BCUT2D eigenvalue weighted by Gasteiger charge is 2.34. The van der Waals surface area contributed by atoms with E-state index in [9.17, 15) is 4.79 Å². The van der Waals surface area contributed by atoms with Gasteiger partial charge in [-0.15, -0.1) is 0 Å². The van der Waals surface area contributed by atoms with Crippen molar-refractivity contribution < 1.29 is 14.3 Å². The van der Waals surface area contributed by atoms with Crippen LogP contribution in [0.4, 0.5) is 0 Å². The number of rotatable bonds is 3. The fraction of sp³-hybridized carbons (Fsp3) is 0.909. The van der Waals surface area contributed by atoms with Crippen molar-refractivity contribution in [2.75, 3.05) is 13.2 Å². The molecule has 0 aliphatic carbocycles. The Kier molecular flexibility index (Phi) is 3.93. The van der Waals surface area contributed by atoms with Gasteiger partial charge in [-0.3, -0.25) is 4.79 Å². The van der Waals surface area contributed by atoms with Crippen molar-refractivity contribution in [3.8, 4) is 0 Å². The molecule has 1 heterocycles. The van der Waals surface area contributed by atoms with Crippen molar-refractivity contribution in [3.05, 3.63) is 0 Å². The predicted molar refractivity (Wildman–Crippen MR) is 54.0 cm³/mol. The Morgan fingerprint density at radius 1 is 1.64 bits per heavy atom. The zero-order valence-electron chi connectivity index (χ0n) is 9.34. The fourth-order valence-corrected chi connectivity index (χ4v) is 1.71. The number of hydrogen-bond donors (Lipinski definition) is 0. The molecule has 0 bridgehead atoms. The van der Waals surface area contributed by atoms with Crippen LogP contribution in [0.25, 0.3) is 0 Å². The number of carbonyl (C=O) groups excluding carboxylic acids is 1. The van der Waals surface area contributed by atoms with Crippen molar-refractivity contribution in [1.82, 2.24) is 0 Å². The monoisotopic (exact) mass is 200 g/mol. The summed E-state index contributed by atoms with van der Waals surface area (Å²) in [6.45, 7) is 6.90. The topological polar surface area (TPSA) is 35.5 Å². The molecule has 82 valence electrons. The van der Waals surface area contributed by atoms with E-state index in [0.717, 1.165) is 25.9 Å². The largest absolute Gasteiger partial charge is 0.463 e. The zero-order chi connectivity index (χ0) is 10.6. The van der Waals surface area contributed by atoms with E-state index in [4.69, 9.17) is 9.47 Å². The molecule has 1 rings (SSSR count). The molecule has 0 aromatic heterocycles. The van der Waals surface area contributed by atoms with Gasteiger partial charge in [-0.05, 0) is 25.2 Å². The second-order valence-corrected chi connectivity index (χ2v) is 4.27. The minimum absolute atomic E-state index is 0.210. The standard InChI is InChI=1S/C11H20O3/c1-4-11(8-13-10(3)12)6-5-9(2)7-14-11/h9H,4-8H2,1-3H3. The van der Waals surface area contributed by atoms with Crippen molar-refractivity contribution in [2.45, 2.75) is 45.6 Å². The van der Waals surface area contributed by atoms with Crippen LogP contribution in [0.1, 0.15) is 40.0 Å². The predicted octanol–water partition coefficient (Wildman–Crippen LogP) is 2.14. The third kappa shape index (κ3) is 2.98. The molecule has 2 atom stereocenters. The van der Waals surface area contributed by atoms with Crippen molar-refractivity contribution in [1.29, 1.82) is 0 Å². The van der Waals surface area contributed by atoms with Crippen LogP contribution in [0.3, 0.4) is 0 Å². The quantitative estimate of drug-likeness (QED) is 0.655. The van der Waals surface area contributed by atoms with Gasteiger partial charge in [-0.1, -0.05) is 13.8 Å². The molecule has 0 radical (unpaired) electrons. The van der Waals surface area contributed by atoms with Gasteiger partial charge in [0, 0.05) is 6.92 Å². The smallest absolute Gasteiger partial charge is 0.302 e. The van der Waals surface area contributed by atoms with E-state index in [1.807, 2.05) is 0 Å². The number of esters is 1. The molecule has 0 saturated carbocycles.